The molecule has 0 saturated carbocycles. The van der Waals surface area contributed by atoms with Crippen LogP contribution < -0.4 is 10.6 Å². The molecule has 13 heteroatoms. The van der Waals surface area contributed by atoms with E-state index in [2.05, 4.69) is 15.1 Å². The lowest BCUT2D eigenvalue weighted by Gasteiger charge is -2.31. The maximum atomic E-state index is 15.0. The second kappa shape index (κ2) is 14.5. The van der Waals surface area contributed by atoms with Gasteiger partial charge in [-0.25, -0.2) is 14.4 Å². The van der Waals surface area contributed by atoms with Crippen LogP contribution in [0.5, 0.6) is 0 Å². The summed E-state index contributed by atoms with van der Waals surface area (Å²) >= 11 is 0. The standard InChI is InChI=1S/C26H33FN6O6/c27-25-18(17-38-23(34)12-22(28)29)4-3-5-21(25)19-13-30-26(31-14-19)33-15-20(16-33)32-39-11-9-35-8-10-37-24-6-1-2-7-36-24/h3-5,13-14,24H,1-2,6-12,15-17H2,(H3,28,29). The quantitative estimate of drug-likeness (QED) is 0.119. The molecule has 12 nitrogen and oxygen atoms in total. The van der Waals surface area contributed by atoms with Gasteiger partial charge in [0, 0.05) is 35.7 Å². The number of anilines is 1. The van der Waals surface area contributed by atoms with Crippen molar-refractivity contribution in [3.05, 3.63) is 42.0 Å². The maximum absolute atomic E-state index is 15.0. The zero-order chi connectivity index (χ0) is 27.5. The predicted molar refractivity (Wildman–Crippen MR) is 140 cm³/mol. The molecule has 210 valence electrons. The largest absolute Gasteiger partial charge is 0.460 e. The molecular weight excluding hydrogens is 511 g/mol. The molecule has 3 heterocycles. The van der Waals surface area contributed by atoms with E-state index < -0.39 is 11.8 Å². The molecule has 2 aliphatic rings. The number of oxime groups is 1. The zero-order valence-electron chi connectivity index (χ0n) is 21.6. The van der Waals surface area contributed by atoms with Gasteiger partial charge in [0.25, 0.3) is 0 Å². The van der Waals surface area contributed by atoms with Gasteiger partial charge in [-0.2, -0.15) is 0 Å². The molecule has 0 amide bonds. The molecule has 39 heavy (non-hydrogen) atoms. The summed E-state index contributed by atoms with van der Waals surface area (Å²) < 4.78 is 36.6. The molecule has 2 aliphatic heterocycles. The van der Waals surface area contributed by atoms with Crippen molar-refractivity contribution in [1.82, 2.24) is 9.97 Å². The molecule has 0 bridgehead atoms. The Kier molecular flexibility index (Phi) is 10.5. The summed E-state index contributed by atoms with van der Waals surface area (Å²) in [5.74, 6) is -1.04. The highest BCUT2D eigenvalue weighted by Gasteiger charge is 2.25. The van der Waals surface area contributed by atoms with E-state index in [1.807, 2.05) is 4.90 Å². The fourth-order valence-electron chi connectivity index (χ4n) is 3.91. The number of amidine groups is 1. The number of esters is 1. The Balaban J connectivity index is 1.15. The van der Waals surface area contributed by atoms with Crippen LogP contribution in [0.1, 0.15) is 31.2 Å². The Bertz CT molecular complexity index is 1130. The minimum atomic E-state index is -0.692. The van der Waals surface area contributed by atoms with Crippen molar-refractivity contribution >= 4 is 23.5 Å². The third-order valence-corrected chi connectivity index (χ3v) is 5.96. The third kappa shape index (κ3) is 8.67. The highest BCUT2D eigenvalue weighted by molar-refractivity contribution is 5.98. The number of ether oxygens (including phenoxy) is 4. The Labute approximate surface area is 225 Å². The molecular formula is C26H33FN6O6. The first-order chi connectivity index (χ1) is 19.0. The van der Waals surface area contributed by atoms with Crippen molar-refractivity contribution in [2.75, 3.05) is 51.0 Å². The second-order valence-electron chi connectivity index (χ2n) is 9.04. The van der Waals surface area contributed by atoms with Crippen LogP contribution in [0.15, 0.2) is 35.7 Å². The summed E-state index contributed by atoms with van der Waals surface area (Å²) in [7, 11) is 0. The third-order valence-electron chi connectivity index (χ3n) is 5.96. The van der Waals surface area contributed by atoms with Gasteiger partial charge in [0.15, 0.2) is 6.29 Å². The summed E-state index contributed by atoms with van der Waals surface area (Å²) in [6, 6.07) is 4.78. The lowest BCUT2D eigenvalue weighted by molar-refractivity contribution is -0.169. The molecule has 1 aromatic carbocycles. The van der Waals surface area contributed by atoms with Crippen molar-refractivity contribution in [2.45, 2.75) is 38.6 Å². The van der Waals surface area contributed by atoms with Crippen molar-refractivity contribution in [3.8, 4) is 11.1 Å². The van der Waals surface area contributed by atoms with E-state index in [0.717, 1.165) is 31.6 Å². The molecule has 2 aromatic rings. The first-order valence-electron chi connectivity index (χ1n) is 12.8. The summed E-state index contributed by atoms with van der Waals surface area (Å²) in [6.07, 6.45) is 5.80. The van der Waals surface area contributed by atoms with Crippen LogP contribution in [-0.2, 0) is 35.2 Å². The van der Waals surface area contributed by atoms with Gasteiger partial charge in [-0.1, -0.05) is 23.4 Å². The molecule has 1 unspecified atom stereocenters. The Morgan fingerprint density at radius 3 is 2.72 bits per heavy atom. The van der Waals surface area contributed by atoms with Gasteiger partial charge in [-0.15, -0.1) is 0 Å². The Morgan fingerprint density at radius 2 is 1.97 bits per heavy atom. The fourth-order valence-corrected chi connectivity index (χ4v) is 3.91. The van der Waals surface area contributed by atoms with Gasteiger partial charge in [-0.3, -0.25) is 10.2 Å². The number of carbonyl (C=O) groups excluding carboxylic acids is 1. The minimum Gasteiger partial charge on any atom is -0.460 e. The Morgan fingerprint density at radius 1 is 1.18 bits per heavy atom. The molecule has 3 N–H and O–H groups in total. The van der Waals surface area contributed by atoms with Crippen molar-refractivity contribution < 1.29 is 33.0 Å². The molecule has 2 fully saturated rings. The number of nitrogens with two attached hydrogens (primary N) is 1. The lowest BCUT2D eigenvalue weighted by Crippen LogP contribution is -2.48. The number of rotatable bonds is 14. The summed E-state index contributed by atoms with van der Waals surface area (Å²) in [5.41, 5.74) is 7.02. The number of nitrogens with one attached hydrogen (secondary N) is 1. The number of halogens is 1. The van der Waals surface area contributed by atoms with Gasteiger partial charge >= 0.3 is 5.97 Å². The molecule has 0 spiro atoms. The number of carbonyl (C=O) groups is 1. The highest BCUT2D eigenvalue weighted by atomic mass is 19.1. The first kappa shape index (κ1) is 28.3. The number of hydrogen-bond acceptors (Lipinski definition) is 11. The lowest BCUT2D eigenvalue weighted by atomic mass is 10.1. The summed E-state index contributed by atoms with van der Waals surface area (Å²) in [6.45, 7) is 3.28. The van der Waals surface area contributed by atoms with Gasteiger partial charge in [0.1, 0.15) is 31.3 Å². The van der Waals surface area contributed by atoms with Crippen molar-refractivity contribution in [3.63, 3.8) is 0 Å². The van der Waals surface area contributed by atoms with Crippen LogP contribution in [0.4, 0.5) is 10.3 Å². The smallest absolute Gasteiger partial charge is 0.313 e. The van der Waals surface area contributed by atoms with Gasteiger partial charge in [0.05, 0.1) is 38.6 Å². The van der Waals surface area contributed by atoms with E-state index in [9.17, 15) is 9.18 Å². The fraction of sp³-hybridized carbons (Fsp3) is 0.500. The van der Waals surface area contributed by atoms with Gasteiger partial charge < -0.3 is 34.4 Å². The van der Waals surface area contributed by atoms with E-state index in [0.29, 0.717) is 51.0 Å². The van der Waals surface area contributed by atoms with Crippen LogP contribution in [0.25, 0.3) is 11.1 Å². The molecule has 0 radical (unpaired) electrons. The maximum Gasteiger partial charge on any atom is 0.313 e. The van der Waals surface area contributed by atoms with Crippen molar-refractivity contribution in [1.29, 1.82) is 5.41 Å². The van der Waals surface area contributed by atoms with Crippen LogP contribution in [0, 0.1) is 11.2 Å². The summed E-state index contributed by atoms with van der Waals surface area (Å²) in [5, 5.41) is 11.2. The predicted octanol–water partition coefficient (Wildman–Crippen LogP) is 2.40. The van der Waals surface area contributed by atoms with E-state index in [1.54, 1.807) is 24.5 Å². The molecule has 0 aliphatic carbocycles. The average molecular weight is 545 g/mol. The Hall–Kier alpha value is -3.68. The SMILES string of the molecule is N=C(N)CC(=O)OCc1cccc(-c2cnc(N3CC(=NOCCOCCOC4CCCCO4)C3)nc2)c1F. The normalized spacial score (nSPS) is 16.9. The molecule has 2 saturated heterocycles. The van der Waals surface area contributed by atoms with E-state index >= 15 is 0 Å². The molecule has 4 rings (SSSR count). The van der Waals surface area contributed by atoms with Crippen LogP contribution in [-0.4, -0.2) is 79.9 Å². The van der Waals surface area contributed by atoms with E-state index in [1.165, 1.54) is 6.07 Å². The second-order valence-corrected chi connectivity index (χ2v) is 9.04. The van der Waals surface area contributed by atoms with Crippen molar-refractivity contribution in [2.24, 2.45) is 10.9 Å². The van der Waals surface area contributed by atoms with Crippen LogP contribution in [0.3, 0.4) is 0 Å². The monoisotopic (exact) mass is 544 g/mol. The van der Waals surface area contributed by atoms with E-state index in [-0.39, 0.29) is 36.3 Å². The van der Waals surface area contributed by atoms with Gasteiger partial charge in [-0.05, 0) is 19.3 Å². The van der Waals surface area contributed by atoms with Gasteiger partial charge in [0.2, 0.25) is 5.95 Å². The zero-order valence-corrected chi connectivity index (χ0v) is 21.6. The molecule has 1 atom stereocenters. The highest BCUT2D eigenvalue weighted by Crippen LogP contribution is 2.26. The topological polar surface area (TPSA) is 154 Å². The number of aromatic nitrogens is 2. The molecule has 1 aromatic heterocycles. The number of hydrogen-bond donors (Lipinski definition) is 2. The number of nitrogens with zero attached hydrogens (tertiary/aromatic N) is 4. The summed E-state index contributed by atoms with van der Waals surface area (Å²) in [4.78, 5) is 27.5. The first-order valence-corrected chi connectivity index (χ1v) is 12.8. The minimum absolute atomic E-state index is 0.109. The number of benzene rings is 1. The van der Waals surface area contributed by atoms with Crippen LogP contribution >= 0.6 is 0 Å². The average Bonchev–Trinajstić information content (AvgIpc) is 2.91. The van der Waals surface area contributed by atoms with E-state index in [4.69, 9.17) is 34.9 Å². The van der Waals surface area contributed by atoms with Crippen LogP contribution in [0.2, 0.25) is 0 Å².